The van der Waals surface area contributed by atoms with Gasteiger partial charge in [0.1, 0.15) is 5.54 Å². The van der Waals surface area contributed by atoms with Gasteiger partial charge in [0.2, 0.25) is 0 Å². The van der Waals surface area contributed by atoms with Crippen molar-refractivity contribution in [3.63, 3.8) is 0 Å². The number of terminal acetylenes is 1. The van der Waals surface area contributed by atoms with Crippen molar-refractivity contribution in [3.8, 4) is 12.3 Å². The molecule has 21 heavy (non-hydrogen) atoms. The SMILES string of the molecule is C#CCNC(=NC)N1CCC(C2(C)NC(=O)NC2=O)CC1. The molecule has 0 saturated carbocycles. The number of guanidine groups is 1. The number of nitrogens with zero attached hydrogens (tertiary/aromatic N) is 2. The molecule has 114 valence electrons. The highest BCUT2D eigenvalue weighted by Crippen LogP contribution is 2.30. The predicted octanol–water partition coefficient (Wildman–Crippen LogP) is -0.495. The van der Waals surface area contributed by atoms with Crippen molar-refractivity contribution >= 4 is 17.9 Å². The van der Waals surface area contributed by atoms with E-state index in [4.69, 9.17) is 6.42 Å². The Morgan fingerprint density at radius 1 is 1.52 bits per heavy atom. The number of likely N-dealkylation sites (tertiary alicyclic amines) is 1. The van der Waals surface area contributed by atoms with E-state index in [1.54, 1.807) is 14.0 Å². The molecule has 7 heteroatoms. The molecule has 1 unspecified atom stereocenters. The Bertz CT molecular complexity index is 502. The Morgan fingerprint density at radius 2 is 2.19 bits per heavy atom. The average molecular weight is 291 g/mol. The normalized spacial score (nSPS) is 27.1. The third-order valence-corrected chi connectivity index (χ3v) is 4.24. The first-order chi connectivity index (χ1) is 10.0. The van der Waals surface area contributed by atoms with E-state index in [0.29, 0.717) is 6.54 Å². The summed E-state index contributed by atoms with van der Waals surface area (Å²) in [5.74, 6) is 3.18. The van der Waals surface area contributed by atoms with E-state index in [2.05, 4.69) is 31.8 Å². The van der Waals surface area contributed by atoms with Gasteiger partial charge in [-0.2, -0.15) is 0 Å². The molecule has 0 aromatic carbocycles. The summed E-state index contributed by atoms with van der Waals surface area (Å²) in [6, 6.07) is -0.406. The lowest BCUT2D eigenvalue weighted by Gasteiger charge is -2.39. The molecule has 2 aliphatic heterocycles. The van der Waals surface area contributed by atoms with Crippen molar-refractivity contribution in [1.29, 1.82) is 0 Å². The fourth-order valence-electron chi connectivity index (χ4n) is 2.98. The summed E-state index contributed by atoms with van der Waals surface area (Å²) in [4.78, 5) is 29.6. The van der Waals surface area contributed by atoms with Crippen LogP contribution in [0.5, 0.6) is 0 Å². The largest absolute Gasteiger partial charge is 0.345 e. The molecule has 0 aromatic heterocycles. The van der Waals surface area contributed by atoms with Gasteiger partial charge < -0.3 is 15.5 Å². The van der Waals surface area contributed by atoms with Crippen molar-refractivity contribution < 1.29 is 9.59 Å². The van der Waals surface area contributed by atoms with E-state index in [0.717, 1.165) is 31.9 Å². The predicted molar refractivity (Wildman–Crippen MR) is 79.6 cm³/mol. The molecular formula is C14H21N5O2. The first-order valence-electron chi connectivity index (χ1n) is 7.04. The van der Waals surface area contributed by atoms with Gasteiger partial charge >= 0.3 is 6.03 Å². The molecule has 0 spiro atoms. The minimum atomic E-state index is -0.807. The Hall–Kier alpha value is -2.23. The number of carbonyl (C=O) groups excluding carboxylic acids is 2. The van der Waals surface area contributed by atoms with Gasteiger partial charge in [0.25, 0.3) is 5.91 Å². The third kappa shape index (κ3) is 2.94. The highest BCUT2D eigenvalue weighted by molar-refractivity contribution is 6.07. The maximum Gasteiger partial charge on any atom is 0.322 e. The maximum absolute atomic E-state index is 12.0. The fraction of sp³-hybridized carbons (Fsp3) is 0.643. The maximum atomic E-state index is 12.0. The van der Waals surface area contributed by atoms with E-state index in [1.807, 2.05) is 0 Å². The minimum Gasteiger partial charge on any atom is -0.345 e. The lowest BCUT2D eigenvalue weighted by atomic mass is 9.79. The van der Waals surface area contributed by atoms with Crippen LogP contribution in [0, 0.1) is 18.3 Å². The van der Waals surface area contributed by atoms with Crippen molar-refractivity contribution in [1.82, 2.24) is 20.9 Å². The third-order valence-electron chi connectivity index (χ3n) is 4.24. The van der Waals surface area contributed by atoms with Crippen molar-refractivity contribution in [2.45, 2.75) is 25.3 Å². The van der Waals surface area contributed by atoms with E-state index in [-0.39, 0.29) is 11.8 Å². The van der Waals surface area contributed by atoms with Crippen LogP contribution in [-0.4, -0.2) is 55.0 Å². The first kappa shape index (κ1) is 15.2. The van der Waals surface area contributed by atoms with Gasteiger partial charge in [-0.05, 0) is 25.7 Å². The van der Waals surface area contributed by atoms with Crippen LogP contribution in [0.4, 0.5) is 4.79 Å². The van der Waals surface area contributed by atoms with Crippen LogP contribution in [0.1, 0.15) is 19.8 Å². The fourth-order valence-corrected chi connectivity index (χ4v) is 2.98. The summed E-state index contributed by atoms with van der Waals surface area (Å²) in [7, 11) is 1.72. The molecule has 2 aliphatic rings. The molecule has 0 radical (unpaired) electrons. The second-order valence-electron chi connectivity index (χ2n) is 5.48. The molecule has 0 aliphatic carbocycles. The number of amides is 3. The van der Waals surface area contributed by atoms with Crippen LogP contribution in [0.15, 0.2) is 4.99 Å². The Labute approximate surface area is 124 Å². The molecule has 2 rings (SSSR count). The number of hydrogen-bond donors (Lipinski definition) is 3. The molecular weight excluding hydrogens is 270 g/mol. The van der Waals surface area contributed by atoms with Gasteiger partial charge in [0.15, 0.2) is 5.96 Å². The summed E-state index contributed by atoms with van der Waals surface area (Å²) < 4.78 is 0. The summed E-state index contributed by atoms with van der Waals surface area (Å²) in [6.07, 6.45) is 6.85. The molecule has 7 nitrogen and oxygen atoms in total. The van der Waals surface area contributed by atoms with Crippen LogP contribution in [-0.2, 0) is 4.79 Å². The van der Waals surface area contributed by atoms with Gasteiger partial charge in [-0.15, -0.1) is 6.42 Å². The van der Waals surface area contributed by atoms with E-state index in [1.165, 1.54) is 0 Å². The lowest BCUT2D eigenvalue weighted by molar-refractivity contribution is -0.125. The first-order valence-corrected chi connectivity index (χ1v) is 7.04. The molecule has 2 fully saturated rings. The highest BCUT2D eigenvalue weighted by atomic mass is 16.2. The van der Waals surface area contributed by atoms with Gasteiger partial charge in [-0.3, -0.25) is 15.1 Å². The lowest BCUT2D eigenvalue weighted by Crippen LogP contribution is -2.55. The van der Waals surface area contributed by atoms with E-state index < -0.39 is 11.6 Å². The average Bonchev–Trinajstić information content (AvgIpc) is 2.74. The Morgan fingerprint density at radius 3 is 2.67 bits per heavy atom. The van der Waals surface area contributed by atoms with Crippen LogP contribution in [0.25, 0.3) is 0 Å². The number of imide groups is 1. The van der Waals surface area contributed by atoms with Gasteiger partial charge in [-0.25, -0.2) is 4.79 Å². The monoisotopic (exact) mass is 291 g/mol. The number of hydrogen-bond acceptors (Lipinski definition) is 3. The summed E-state index contributed by atoms with van der Waals surface area (Å²) in [5.41, 5.74) is -0.807. The molecule has 3 amide bonds. The second-order valence-corrected chi connectivity index (χ2v) is 5.48. The minimum absolute atomic E-state index is 0.117. The van der Waals surface area contributed by atoms with Crippen molar-refractivity contribution in [3.05, 3.63) is 0 Å². The molecule has 0 bridgehead atoms. The molecule has 3 N–H and O–H groups in total. The zero-order chi connectivity index (χ0) is 15.5. The number of piperidine rings is 1. The number of urea groups is 1. The van der Waals surface area contributed by atoms with E-state index in [9.17, 15) is 9.59 Å². The van der Waals surface area contributed by atoms with Crippen molar-refractivity contribution in [2.24, 2.45) is 10.9 Å². The van der Waals surface area contributed by atoms with Crippen molar-refractivity contribution in [2.75, 3.05) is 26.7 Å². The zero-order valence-corrected chi connectivity index (χ0v) is 12.4. The van der Waals surface area contributed by atoms with Crippen LogP contribution in [0.3, 0.4) is 0 Å². The number of aliphatic imine (C=N–C) groups is 1. The number of rotatable bonds is 2. The smallest absolute Gasteiger partial charge is 0.322 e. The van der Waals surface area contributed by atoms with Gasteiger partial charge in [0.05, 0.1) is 6.54 Å². The Balaban J connectivity index is 1.96. The zero-order valence-electron chi connectivity index (χ0n) is 12.4. The van der Waals surface area contributed by atoms with E-state index >= 15 is 0 Å². The molecule has 2 heterocycles. The number of nitrogens with one attached hydrogen (secondary N) is 3. The van der Waals surface area contributed by atoms with Crippen LogP contribution >= 0.6 is 0 Å². The molecule has 2 saturated heterocycles. The molecule has 0 aromatic rings. The topological polar surface area (TPSA) is 85.8 Å². The second kappa shape index (κ2) is 6.04. The van der Waals surface area contributed by atoms with Gasteiger partial charge in [0, 0.05) is 20.1 Å². The summed E-state index contributed by atoms with van der Waals surface area (Å²) in [5, 5.41) is 8.16. The van der Waals surface area contributed by atoms with Crippen LogP contribution < -0.4 is 16.0 Å². The summed E-state index contributed by atoms with van der Waals surface area (Å²) in [6.45, 7) is 3.77. The number of carbonyl (C=O) groups is 2. The van der Waals surface area contributed by atoms with Gasteiger partial charge in [-0.1, -0.05) is 5.92 Å². The molecule has 1 atom stereocenters. The Kier molecular flexibility index (Phi) is 4.36. The highest BCUT2D eigenvalue weighted by Gasteiger charge is 2.48. The van der Waals surface area contributed by atoms with Crippen LogP contribution in [0.2, 0.25) is 0 Å². The quantitative estimate of drug-likeness (QED) is 0.277. The summed E-state index contributed by atoms with van der Waals surface area (Å²) >= 11 is 0. The standard InChI is InChI=1S/C14H21N5O2/c1-4-7-16-12(15-3)19-8-5-10(6-9-19)14(2)11(20)17-13(21)18-14/h1,10H,5-9H2,2-3H3,(H,15,16)(H2,17,18,20,21).